The quantitative estimate of drug-likeness (QED) is 0.352. The monoisotopic (exact) mass is 428 g/mol. The molecular formula is C26H20O6. The third kappa shape index (κ3) is 5.31. The van der Waals surface area contributed by atoms with Gasteiger partial charge in [-0.05, 0) is 72.8 Å². The van der Waals surface area contributed by atoms with Crippen LogP contribution in [-0.2, 0) is 0 Å². The zero-order chi connectivity index (χ0) is 23.1. The second kappa shape index (κ2) is 9.95. The van der Waals surface area contributed by atoms with Gasteiger partial charge in [0.25, 0.3) is 0 Å². The van der Waals surface area contributed by atoms with Crippen molar-refractivity contribution < 1.29 is 30.0 Å². The van der Waals surface area contributed by atoms with Crippen LogP contribution in [0.4, 0.5) is 0 Å². The highest BCUT2D eigenvalue weighted by Gasteiger charge is 2.15. The Morgan fingerprint density at radius 1 is 0.438 bits per heavy atom. The van der Waals surface area contributed by atoms with Gasteiger partial charge in [-0.25, -0.2) is 0 Å². The van der Waals surface area contributed by atoms with Crippen molar-refractivity contribution in [2.24, 2.45) is 0 Å². The van der Waals surface area contributed by atoms with Crippen LogP contribution in [0.15, 0.2) is 97.1 Å². The van der Waals surface area contributed by atoms with Gasteiger partial charge in [-0.15, -0.1) is 0 Å². The minimum atomic E-state index is -0.392. The first-order valence-corrected chi connectivity index (χ1v) is 9.60. The molecule has 6 nitrogen and oxygen atoms in total. The minimum Gasteiger partial charge on any atom is -0.508 e. The standard InChI is InChI=1S/2C13H10O3/c14-11-5-1-9(2-6-11)13(16)10-3-7-12(15)8-4-10;14-11-7-3-1-5-9(11)13(16)10-6-2-4-8-12(10)15/h2*1-8,14-15H. The summed E-state index contributed by atoms with van der Waals surface area (Å²) in [6, 6.07) is 24.6. The van der Waals surface area contributed by atoms with Crippen molar-refractivity contribution in [1.82, 2.24) is 0 Å². The molecule has 0 atom stereocenters. The molecule has 0 bridgehead atoms. The van der Waals surface area contributed by atoms with Gasteiger partial charge in [0, 0.05) is 11.1 Å². The number of phenols is 4. The van der Waals surface area contributed by atoms with Crippen molar-refractivity contribution in [1.29, 1.82) is 0 Å². The molecule has 0 aliphatic rings. The van der Waals surface area contributed by atoms with Gasteiger partial charge in [0.1, 0.15) is 23.0 Å². The lowest BCUT2D eigenvalue weighted by Crippen LogP contribution is -2.01. The summed E-state index contributed by atoms with van der Waals surface area (Å²) < 4.78 is 0. The lowest BCUT2D eigenvalue weighted by atomic mass is 10.0. The number of aromatic hydroxyl groups is 4. The van der Waals surface area contributed by atoms with Gasteiger partial charge in [0.05, 0.1) is 11.1 Å². The Bertz CT molecular complexity index is 1130. The predicted molar refractivity (Wildman–Crippen MR) is 119 cm³/mol. The van der Waals surface area contributed by atoms with Gasteiger partial charge in [-0.3, -0.25) is 9.59 Å². The van der Waals surface area contributed by atoms with E-state index in [0.29, 0.717) is 11.1 Å². The number of ketones is 2. The van der Waals surface area contributed by atoms with Crippen LogP contribution in [0.2, 0.25) is 0 Å². The molecule has 0 radical (unpaired) electrons. The van der Waals surface area contributed by atoms with Gasteiger partial charge in [0.2, 0.25) is 0 Å². The van der Waals surface area contributed by atoms with Crippen molar-refractivity contribution in [3.63, 3.8) is 0 Å². The van der Waals surface area contributed by atoms with E-state index in [2.05, 4.69) is 0 Å². The van der Waals surface area contributed by atoms with Crippen LogP contribution in [0, 0.1) is 0 Å². The first kappa shape index (κ1) is 22.1. The van der Waals surface area contributed by atoms with Gasteiger partial charge in [0.15, 0.2) is 11.6 Å². The maximum atomic E-state index is 12.0. The van der Waals surface area contributed by atoms with E-state index in [1.165, 1.54) is 48.5 Å². The van der Waals surface area contributed by atoms with E-state index < -0.39 is 5.78 Å². The van der Waals surface area contributed by atoms with Crippen LogP contribution in [0.1, 0.15) is 31.8 Å². The van der Waals surface area contributed by atoms with Gasteiger partial charge in [-0.1, -0.05) is 24.3 Å². The van der Waals surface area contributed by atoms with Crippen molar-refractivity contribution >= 4 is 11.6 Å². The molecule has 0 aromatic heterocycles. The normalized spacial score (nSPS) is 10.0. The molecule has 0 saturated heterocycles. The number of hydrogen-bond acceptors (Lipinski definition) is 6. The maximum Gasteiger partial charge on any atom is 0.200 e. The number of rotatable bonds is 4. The van der Waals surface area contributed by atoms with Crippen LogP contribution in [0.25, 0.3) is 0 Å². The van der Waals surface area contributed by atoms with E-state index in [4.69, 9.17) is 10.2 Å². The molecular weight excluding hydrogens is 408 g/mol. The lowest BCUT2D eigenvalue weighted by molar-refractivity contribution is 0.102. The molecule has 0 aliphatic carbocycles. The largest absolute Gasteiger partial charge is 0.508 e. The van der Waals surface area contributed by atoms with E-state index in [1.54, 1.807) is 48.5 Å². The predicted octanol–water partition coefficient (Wildman–Crippen LogP) is 4.66. The second-order valence-corrected chi connectivity index (χ2v) is 6.79. The maximum absolute atomic E-state index is 12.0. The zero-order valence-corrected chi connectivity index (χ0v) is 16.8. The first-order chi connectivity index (χ1) is 15.4. The number of carbonyl (C=O) groups is 2. The molecule has 4 aromatic carbocycles. The molecule has 0 heterocycles. The van der Waals surface area contributed by atoms with Crippen LogP contribution < -0.4 is 0 Å². The van der Waals surface area contributed by atoms with E-state index in [9.17, 15) is 19.8 Å². The average molecular weight is 428 g/mol. The first-order valence-electron chi connectivity index (χ1n) is 9.60. The minimum absolute atomic E-state index is 0.0873. The second-order valence-electron chi connectivity index (χ2n) is 6.79. The molecule has 0 unspecified atom stereocenters. The Kier molecular flexibility index (Phi) is 6.88. The summed E-state index contributed by atoms with van der Waals surface area (Å²) in [5.41, 5.74) is 1.37. The summed E-state index contributed by atoms with van der Waals surface area (Å²) in [7, 11) is 0. The molecule has 4 aromatic rings. The van der Waals surface area contributed by atoms with E-state index in [-0.39, 0.29) is 39.9 Å². The Hall–Kier alpha value is -4.58. The average Bonchev–Trinajstić information content (AvgIpc) is 2.80. The molecule has 0 spiro atoms. The molecule has 0 saturated carbocycles. The molecule has 6 heteroatoms. The van der Waals surface area contributed by atoms with E-state index in [0.717, 1.165) is 0 Å². The van der Waals surface area contributed by atoms with Crippen molar-refractivity contribution in [3.8, 4) is 23.0 Å². The summed E-state index contributed by atoms with van der Waals surface area (Å²) in [6.07, 6.45) is 0. The Balaban J connectivity index is 0.000000181. The summed E-state index contributed by atoms with van der Waals surface area (Å²) >= 11 is 0. The van der Waals surface area contributed by atoms with Crippen LogP contribution in [0.5, 0.6) is 23.0 Å². The molecule has 160 valence electrons. The molecule has 4 rings (SSSR count). The number of carbonyl (C=O) groups excluding carboxylic acids is 2. The topological polar surface area (TPSA) is 115 Å². The number of phenolic OH excluding ortho intramolecular Hbond substituents is 4. The fourth-order valence-corrected chi connectivity index (χ4v) is 2.87. The number of hydrogen-bond donors (Lipinski definition) is 4. The van der Waals surface area contributed by atoms with Gasteiger partial charge < -0.3 is 20.4 Å². The summed E-state index contributed by atoms with van der Waals surface area (Å²) in [6.45, 7) is 0. The van der Waals surface area contributed by atoms with Crippen LogP contribution >= 0.6 is 0 Å². The summed E-state index contributed by atoms with van der Waals surface area (Å²) in [5.74, 6) is -0.452. The van der Waals surface area contributed by atoms with Crippen LogP contribution in [-0.4, -0.2) is 32.0 Å². The smallest absolute Gasteiger partial charge is 0.200 e. The highest BCUT2D eigenvalue weighted by molar-refractivity contribution is 6.12. The van der Waals surface area contributed by atoms with Crippen molar-refractivity contribution in [3.05, 3.63) is 119 Å². The Morgan fingerprint density at radius 3 is 1.12 bits per heavy atom. The molecule has 0 aliphatic heterocycles. The fraction of sp³-hybridized carbons (Fsp3) is 0. The summed E-state index contributed by atoms with van der Waals surface area (Å²) in [4.78, 5) is 23.9. The molecule has 0 fully saturated rings. The van der Waals surface area contributed by atoms with Gasteiger partial charge in [-0.2, -0.15) is 0 Å². The Morgan fingerprint density at radius 2 is 0.781 bits per heavy atom. The highest BCUT2D eigenvalue weighted by atomic mass is 16.3. The van der Waals surface area contributed by atoms with Crippen LogP contribution in [0.3, 0.4) is 0 Å². The van der Waals surface area contributed by atoms with E-state index in [1.807, 2.05) is 0 Å². The fourth-order valence-electron chi connectivity index (χ4n) is 2.87. The molecule has 32 heavy (non-hydrogen) atoms. The third-order valence-electron chi connectivity index (χ3n) is 4.56. The van der Waals surface area contributed by atoms with E-state index >= 15 is 0 Å². The summed E-state index contributed by atoms with van der Waals surface area (Å²) in [5, 5.41) is 37.3. The zero-order valence-electron chi connectivity index (χ0n) is 16.8. The van der Waals surface area contributed by atoms with Gasteiger partial charge >= 0.3 is 0 Å². The number of para-hydroxylation sites is 2. The number of benzene rings is 4. The molecule has 4 N–H and O–H groups in total. The molecule has 0 amide bonds. The Labute approximate surface area is 184 Å². The van der Waals surface area contributed by atoms with Crippen molar-refractivity contribution in [2.75, 3.05) is 0 Å². The lowest BCUT2D eigenvalue weighted by Gasteiger charge is -2.04. The highest BCUT2D eigenvalue weighted by Crippen LogP contribution is 2.24. The van der Waals surface area contributed by atoms with Crippen molar-refractivity contribution in [2.45, 2.75) is 0 Å². The SMILES string of the molecule is O=C(c1ccc(O)cc1)c1ccc(O)cc1.O=C(c1ccccc1O)c1ccccc1O. The third-order valence-corrected chi connectivity index (χ3v) is 4.56.